The van der Waals surface area contributed by atoms with Gasteiger partial charge >= 0.3 is 0 Å². The van der Waals surface area contributed by atoms with Crippen LogP contribution >= 0.6 is 11.6 Å². The summed E-state index contributed by atoms with van der Waals surface area (Å²) in [5.41, 5.74) is 2.17. The number of halogens is 1. The molecule has 2 amide bonds. The Morgan fingerprint density at radius 3 is 3.08 bits per heavy atom. The van der Waals surface area contributed by atoms with Gasteiger partial charge in [-0.05, 0) is 36.6 Å². The molecule has 3 rings (SSSR count). The van der Waals surface area contributed by atoms with E-state index in [1.54, 1.807) is 0 Å². The van der Waals surface area contributed by atoms with E-state index in [1.807, 2.05) is 29.3 Å². The topological polar surface area (TPSA) is 65.2 Å². The Morgan fingerprint density at radius 1 is 1.44 bits per heavy atom. The van der Waals surface area contributed by atoms with Crippen LogP contribution in [0.15, 0.2) is 24.4 Å². The first-order chi connectivity index (χ1) is 12.1. The van der Waals surface area contributed by atoms with E-state index in [1.165, 1.54) is 0 Å². The van der Waals surface area contributed by atoms with E-state index in [0.29, 0.717) is 24.5 Å². The molecule has 1 aliphatic heterocycles. The Morgan fingerprint density at radius 2 is 2.28 bits per heavy atom. The minimum atomic E-state index is -0.221. The van der Waals surface area contributed by atoms with Crippen molar-refractivity contribution in [2.45, 2.75) is 32.6 Å². The molecule has 0 spiro atoms. The lowest BCUT2D eigenvalue weighted by Crippen LogP contribution is -2.34. The average molecular weight is 362 g/mol. The number of hydrogen-bond acceptors (Lipinski definition) is 2. The largest absolute Gasteiger partial charge is 0.361 e. The molecule has 1 aromatic carbocycles. The number of fused-ring (bicyclic) bond motifs is 1. The maximum atomic E-state index is 12.3. The number of aromatic nitrogens is 1. The summed E-state index contributed by atoms with van der Waals surface area (Å²) in [4.78, 5) is 29.3. The summed E-state index contributed by atoms with van der Waals surface area (Å²) >= 11 is 6.06. The van der Waals surface area contributed by atoms with E-state index >= 15 is 0 Å². The number of likely N-dealkylation sites (tertiary alicyclic amines) is 1. The molecule has 2 N–H and O–H groups in total. The van der Waals surface area contributed by atoms with Gasteiger partial charge in [0.25, 0.3) is 0 Å². The van der Waals surface area contributed by atoms with Gasteiger partial charge in [0.2, 0.25) is 11.8 Å². The van der Waals surface area contributed by atoms with Gasteiger partial charge in [-0.1, -0.05) is 24.9 Å². The van der Waals surface area contributed by atoms with Crippen molar-refractivity contribution < 1.29 is 9.59 Å². The molecule has 2 heterocycles. The van der Waals surface area contributed by atoms with Gasteiger partial charge in [-0.25, -0.2) is 0 Å². The number of amides is 2. The predicted molar refractivity (Wildman–Crippen MR) is 99.6 cm³/mol. The van der Waals surface area contributed by atoms with Gasteiger partial charge in [0, 0.05) is 48.2 Å². The molecule has 0 unspecified atom stereocenters. The van der Waals surface area contributed by atoms with E-state index in [9.17, 15) is 9.59 Å². The van der Waals surface area contributed by atoms with Gasteiger partial charge in [-0.2, -0.15) is 0 Å². The van der Waals surface area contributed by atoms with Crippen molar-refractivity contribution in [1.82, 2.24) is 15.2 Å². The molecule has 5 nitrogen and oxygen atoms in total. The third kappa shape index (κ3) is 4.15. The fraction of sp³-hybridized carbons (Fsp3) is 0.474. The number of rotatable bonds is 7. The highest BCUT2D eigenvalue weighted by atomic mass is 35.5. The lowest BCUT2D eigenvalue weighted by molar-refractivity contribution is -0.129. The van der Waals surface area contributed by atoms with Crippen molar-refractivity contribution in [3.05, 3.63) is 35.0 Å². The number of hydrogen-bond donors (Lipinski definition) is 2. The number of carbonyl (C=O) groups is 2. The first-order valence-corrected chi connectivity index (χ1v) is 9.27. The summed E-state index contributed by atoms with van der Waals surface area (Å²) in [6.45, 7) is 3.96. The minimum Gasteiger partial charge on any atom is -0.361 e. The highest BCUT2D eigenvalue weighted by molar-refractivity contribution is 6.31. The standard InChI is InChI=1S/C19H24ClN3O2/c1-2-3-8-23-12-14(9-18(23)24)19(25)21-7-6-13-11-22-17-5-4-15(20)10-16(13)17/h4-5,10-11,14,22H,2-3,6-9,12H2,1H3,(H,21,25)/t14-/m1/s1. The summed E-state index contributed by atoms with van der Waals surface area (Å²) in [5, 5.41) is 4.76. The van der Waals surface area contributed by atoms with E-state index < -0.39 is 0 Å². The Bertz CT molecular complexity index is 771. The first-order valence-electron chi connectivity index (χ1n) is 8.89. The second-order valence-electron chi connectivity index (χ2n) is 6.64. The van der Waals surface area contributed by atoms with Crippen LogP contribution in [0.3, 0.4) is 0 Å². The van der Waals surface area contributed by atoms with Crippen LogP contribution in [0, 0.1) is 5.92 Å². The number of nitrogens with zero attached hydrogens (tertiary/aromatic N) is 1. The number of benzene rings is 1. The van der Waals surface area contributed by atoms with Gasteiger partial charge in [-0.3, -0.25) is 9.59 Å². The number of H-pyrrole nitrogens is 1. The van der Waals surface area contributed by atoms with Gasteiger partial charge < -0.3 is 15.2 Å². The maximum absolute atomic E-state index is 12.3. The van der Waals surface area contributed by atoms with Crippen LogP contribution in [0.4, 0.5) is 0 Å². The number of nitrogens with one attached hydrogen (secondary N) is 2. The van der Waals surface area contributed by atoms with Crippen LogP contribution in [0.5, 0.6) is 0 Å². The molecule has 0 saturated carbocycles. The summed E-state index contributed by atoms with van der Waals surface area (Å²) in [6, 6.07) is 5.74. The van der Waals surface area contributed by atoms with Gasteiger partial charge in [0.05, 0.1) is 5.92 Å². The third-order valence-electron chi connectivity index (χ3n) is 4.79. The van der Waals surface area contributed by atoms with E-state index in [0.717, 1.165) is 42.3 Å². The van der Waals surface area contributed by atoms with E-state index in [4.69, 9.17) is 11.6 Å². The molecule has 6 heteroatoms. The van der Waals surface area contributed by atoms with Crippen molar-refractivity contribution >= 4 is 34.3 Å². The summed E-state index contributed by atoms with van der Waals surface area (Å²) in [6.07, 6.45) is 5.06. The SMILES string of the molecule is CCCCN1C[C@H](C(=O)NCCc2c[nH]c3ccc(Cl)cc23)CC1=O. The fourth-order valence-corrected chi connectivity index (χ4v) is 3.51. The molecule has 1 aromatic heterocycles. The average Bonchev–Trinajstić information content (AvgIpc) is 3.16. The predicted octanol–water partition coefficient (Wildman–Crippen LogP) is 3.13. The molecule has 2 aromatic rings. The maximum Gasteiger partial charge on any atom is 0.225 e. The lowest BCUT2D eigenvalue weighted by atomic mass is 10.1. The summed E-state index contributed by atoms with van der Waals surface area (Å²) < 4.78 is 0. The lowest BCUT2D eigenvalue weighted by Gasteiger charge is -2.15. The molecule has 0 bridgehead atoms. The number of carbonyl (C=O) groups excluding carboxylic acids is 2. The molecule has 0 radical (unpaired) electrons. The number of unbranched alkanes of at least 4 members (excludes halogenated alkanes) is 1. The highest BCUT2D eigenvalue weighted by Crippen LogP contribution is 2.23. The zero-order chi connectivity index (χ0) is 17.8. The van der Waals surface area contributed by atoms with E-state index in [2.05, 4.69) is 17.2 Å². The quantitative estimate of drug-likeness (QED) is 0.795. The molecule has 1 fully saturated rings. The van der Waals surface area contributed by atoms with Crippen LogP contribution in [0.25, 0.3) is 10.9 Å². The molecular formula is C19H24ClN3O2. The molecule has 1 atom stereocenters. The second kappa shape index (κ2) is 7.91. The monoisotopic (exact) mass is 361 g/mol. The molecule has 25 heavy (non-hydrogen) atoms. The zero-order valence-corrected chi connectivity index (χ0v) is 15.2. The molecule has 1 aliphatic rings. The smallest absolute Gasteiger partial charge is 0.225 e. The van der Waals surface area contributed by atoms with Crippen LogP contribution < -0.4 is 5.32 Å². The Balaban J connectivity index is 1.51. The number of aromatic amines is 1. The molecular weight excluding hydrogens is 338 g/mol. The minimum absolute atomic E-state index is 0.0229. The molecule has 1 saturated heterocycles. The Hall–Kier alpha value is -2.01. The van der Waals surface area contributed by atoms with Crippen molar-refractivity contribution in [3.8, 4) is 0 Å². The Labute approximate surface area is 152 Å². The zero-order valence-electron chi connectivity index (χ0n) is 14.5. The van der Waals surface area contributed by atoms with Gasteiger partial charge in [0.1, 0.15) is 0 Å². The van der Waals surface area contributed by atoms with Crippen molar-refractivity contribution in [2.24, 2.45) is 5.92 Å². The first kappa shape index (κ1) is 17.8. The fourth-order valence-electron chi connectivity index (χ4n) is 3.34. The molecule has 0 aliphatic carbocycles. The van der Waals surface area contributed by atoms with Crippen LogP contribution in [-0.4, -0.2) is 41.3 Å². The summed E-state index contributed by atoms with van der Waals surface area (Å²) in [5.74, 6) is -0.146. The second-order valence-corrected chi connectivity index (χ2v) is 7.08. The highest BCUT2D eigenvalue weighted by Gasteiger charge is 2.33. The third-order valence-corrected chi connectivity index (χ3v) is 5.03. The Kier molecular flexibility index (Phi) is 5.63. The van der Waals surface area contributed by atoms with Crippen molar-refractivity contribution in [2.75, 3.05) is 19.6 Å². The van der Waals surface area contributed by atoms with Crippen LogP contribution in [0.1, 0.15) is 31.7 Å². The summed E-state index contributed by atoms with van der Waals surface area (Å²) in [7, 11) is 0. The van der Waals surface area contributed by atoms with Gasteiger partial charge in [-0.15, -0.1) is 0 Å². The van der Waals surface area contributed by atoms with Crippen LogP contribution in [0.2, 0.25) is 5.02 Å². The van der Waals surface area contributed by atoms with Crippen LogP contribution in [-0.2, 0) is 16.0 Å². The van der Waals surface area contributed by atoms with Crippen molar-refractivity contribution in [1.29, 1.82) is 0 Å². The van der Waals surface area contributed by atoms with E-state index in [-0.39, 0.29) is 17.7 Å². The van der Waals surface area contributed by atoms with Crippen molar-refractivity contribution in [3.63, 3.8) is 0 Å². The van der Waals surface area contributed by atoms with Gasteiger partial charge in [0.15, 0.2) is 0 Å². The normalized spacial score (nSPS) is 17.4. The molecule has 134 valence electrons.